The van der Waals surface area contributed by atoms with Crippen molar-refractivity contribution in [3.8, 4) is 0 Å². The molecule has 2 rings (SSSR count). The molecule has 0 spiro atoms. The summed E-state index contributed by atoms with van der Waals surface area (Å²) in [6.45, 7) is 7.54. The molecule has 2 heterocycles. The summed E-state index contributed by atoms with van der Waals surface area (Å²) in [6.07, 6.45) is 3.86. The molecule has 0 radical (unpaired) electrons. The van der Waals surface area contributed by atoms with Crippen LogP contribution in [-0.2, 0) is 13.1 Å². The Labute approximate surface area is 127 Å². The van der Waals surface area contributed by atoms with Gasteiger partial charge in [-0.05, 0) is 46.4 Å². The van der Waals surface area contributed by atoms with Crippen LogP contribution in [-0.4, -0.2) is 54.6 Å². The van der Waals surface area contributed by atoms with Crippen LogP contribution in [0.15, 0.2) is 5.38 Å². The number of rotatable bonds is 8. The van der Waals surface area contributed by atoms with Gasteiger partial charge >= 0.3 is 0 Å². The highest BCUT2D eigenvalue weighted by Crippen LogP contribution is 2.17. The lowest BCUT2D eigenvalue weighted by Gasteiger charge is -2.25. The van der Waals surface area contributed by atoms with E-state index in [4.69, 9.17) is 4.98 Å². The van der Waals surface area contributed by atoms with Crippen LogP contribution in [0.3, 0.4) is 0 Å². The molecule has 1 saturated heterocycles. The fourth-order valence-corrected chi connectivity index (χ4v) is 3.54. The number of thiazole rings is 1. The summed E-state index contributed by atoms with van der Waals surface area (Å²) in [4.78, 5) is 9.61. The summed E-state index contributed by atoms with van der Waals surface area (Å²) in [5.41, 5.74) is 1.21. The minimum Gasteiger partial charge on any atom is -0.310 e. The number of nitrogens with one attached hydrogen (secondary N) is 1. The number of nitrogens with zero attached hydrogens (tertiary/aromatic N) is 3. The van der Waals surface area contributed by atoms with Crippen LogP contribution in [0.1, 0.15) is 36.9 Å². The number of likely N-dealkylation sites (N-methyl/N-ethyl adjacent to an activating group) is 2. The van der Waals surface area contributed by atoms with E-state index in [-0.39, 0.29) is 0 Å². The summed E-state index contributed by atoms with van der Waals surface area (Å²) in [7, 11) is 4.45. The van der Waals surface area contributed by atoms with Crippen molar-refractivity contribution in [3.05, 3.63) is 16.1 Å². The van der Waals surface area contributed by atoms with Crippen molar-refractivity contribution in [1.29, 1.82) is 0 Å². The molecule has 1 atom stereocenters. The van der Waals surface area contributed by atoms with Gasteiger partial charge in [0.25, 0.3) is 0 Å². The molecule has 1 aromatic heterocycles. The number of hydrogen-bond acceptors (Lipinski definition) is 5. The van der Waals surface area contributed by atoms with Crippen molar-refractivity contribution < 1.29 is 0 Å². The van der Waals surface area contributed by atoms with Gasteiger partial charge in [-0.2, -0.15) is 0 Å². The average molecular weight is 296 g/mol. The Balaban J connectivity index is 1.74. The minimum absolute atomic E-state index is 0.726. The van der Waals surface area contributed by atoms with Crippen LogP contribution < -0.4 is 5.32 Å². The highest BCUT2D eigenvalue weighted by Gasteiger charge is 2.22. The van der Waals surface area contributed by atoms with E-state index in [0.717, 1.165) is 32.2 Å². The molecule has 0 bridgehead atoms. The molecule has 1 N–H and O–H groups in total. The fraction of sp³-hybridized carbons (Fsp3) is 0.800. The topological polar surface area (TPSA) is 31.4 Å². The molecule has 114 valence electrons. The van der Waals surface area contributed by atoms with Gasteiger partial charge < -0.3 is 10.2 Å². The second kappa shape index (κ2) is 8.08. The van der Waals surface area contributed by atoms with E-state index in [0.29, 0.717) is 0 Å². The van der Waals surface area contributed by atoms with Gasteiger partial charge in [-0.15, -0.1) is 11.3 Å². The maximum absolute atomic E-state index is 4.72. The van der Waals surface area contributed by atoms with Crippen molar-refractivity contribution >= 4 is 11.3 Å². The summed E-state index contributed by atoms with van der Waals surface area (Å²) >= 11 is 1.77. The number of hydrogen-bond donors (Lipinski definition) is 1. The largest absolute Gasteiger partial charge is 0.310 e. The third-order valence-corrected chi connectivity index (χ3v) is 4.83. The molecule has 0 aromatic carbocycles. The SMILES string of the molecule is CCCNCc1nc(CN(C)CC2CCCN2C)cs1. The van der Waals surface area contributed by atoms with Gasteiger partial charge in [0.1, 0.15) is 5.01 Å². The van der Waals surface area contributed by atoms with E-state index >= 15 is 0 Å². The lowest BCUT2D eigenvalue weighted by molar-refractivity contribution is 0.214. The molecule has 1 fully saturated rings. The average Bonchev–Trinajstić information content (AvgIpc) is 3.00. The van der Waals surface area contributed by atoms with E-state index in [1.165, 1.54) is 36.5 Å². The molecule has 4 nitrogen and oxygen atoms in total. The minimum atomic E-state index is 0.726. The Bertz CT molecular complexity index is 393. The standard InChI is InChI=1S/C15H28N4S/c1-4-7-16-9-15-17-13(12-20-15)10-18(2)11-14-6-5-8-19(14)3/h12,14,16H,4-11H2,1-3H3. The highest BCUT2D eigenvalue weighted by atomic mass is 32.1. The molecule has 0 amide bonds. The molecule has 0 saturated carbocycles. The van der Waals surface area contributed by atoms with Crippen LogP contribution in [0.25, 0.3) is 0 Å². The normalized spacial score (nSPS) is 20.1. The van der Waals surface area contributed by atoms with Gasteiger partial charge in [0, 0.05) is 31.1 Å². The first-order valence-electron chi connectivity index (χ1n) is 7.71. The van der Waals surface area contributed by atoms with Crippen LogP contribution in [0, 0.1) is 0 Å². The van der Waals surface area contributed by atoms with E-state index in [1.807, 2.05) is 0 Å². The van der Waals surface area contributed by atoms with Crippen molar-refractivity contribution in [2.75, 3.05) is 33.7 Å². The van der Waals surface area contributed by atoms with Crippen molar-refractivity contribution in [2.45, 2.75) is 45.3 Å². The van der Waals surface area contributed by atoms with E-state index < -0.39 is 0 Å². The van der Waals surface area contributed by atoms with Crippen LogP contribution in [0.4, 0.5) is 0 Å². The van der Waals surface area contributed by atoms with Crippen molar-refractivity contribution in [2.24, 2.45) is 0 Å². The van der Waals surface area contributed by atoms with Crippen LogP contribution in [0.5, 0.6) is 0 Å². The first kappa shape index (κ1) is 15.9. The molecular formula is C15H28N4S. The fourth-order valence-electron chi connectivity index (χ4n) is 2.79. The van der Waals surface area contributed by atoms with Gasteiger partial charge in [-0.3, -0.25) is 4.90 Å². The first-order valence-corrected chi connectivity index (χ1v) is 8.59. The zero-order valence-electron chi connectivity index (χ0n) is 13.1. The molecule has 1 aliphatic heterocycles. The van der Waals surface area contributed by atoms with E-state index in [2.05, 4.69) is 41.5 Å². The lowest BCUT2D eigenvalue weighted by Crippen LogP contribution is -2.36. The summed E-state index contributed by atoms with van der Waals surface area (Å²) < 4.78 is 0. The van der Waals surface area contributed by atoms with E-state index in [9.17, 15) is 0 Å². The molecular weight excluding hydrogens is 268 g/mol. The maximum atomic E-state index is 4.72. The number of likely N-dealkylation sites (tertiary alicyclic amines) is 1. The predicted octanol–water partition coefficient (Wildman–Crippen LogP) is 2.17. The maximum Gasteiger partial charge on any atom is 0.107 e. The summed E-state index contributed by atoms with van der Waals surface area (Å²) in [5.74, 6) is 0. The quantitative estimate of drug-likeness (QED) is 0.745. The van der Waals surface area contributed by atoms with E-state index in [1.54, 1.807) is 11.3 Å². The van der Waals surface area contributed by atoms with Crippen molar-refractivity contribution in [1.82, 2.24) is 20.1 Å². The van der Waals surface area contributed by atoms with Gasteiger partial charge in [-0.25, -0.2) is 4.98 Å². The monoisotopic (exact) mass is 296 g/mol. The Hall–Kier alpha value is -0.490. The smallest absolute Gasteiger partial charge is 0.107 e. The summed E-state index contributed by atoms with van der Waals surface area (Å²) in [6, 6.07) is 0.726. The third kappa shape index (κ3) is 4.81. The molecule has 0 aliphatic carbocycles. The lowest BCUT2D eigenvalue weighted by atomic mass is 10.2. The van der Waals surface area contributed by atoms with Gasteiger partial charge in [-0.1, -0.05) is 6.92 Å². The van der Waals surface area contributed by atoms with Crippen molar-refractivity contribution in [3.63, 3.8) is 0 Å². The third-order valence-electron chi connectivity index (χ3n) is 3.93. The predicted molar refractivity (Wildman–Crippen MR) is 86.1 cm³/mol. The molecule has 20 heavy (non-hydrogen) atoms. The Morgan fingerprint density at radius 3 is 3.10 bits per heavy atom. The molecule has 5 heteroatoms. The summed E-state index contributed by atoms with van der Waals surface area (Å²) in [5, 5.41) is 6.82. The zero-order valence-corrected chi connectivity index (χ0v) is 13.9. The van der Waals surface area contributed by atoms with Gasteiger partial charge in [0.2, 0.25) is 0 Å². The molecule has 1 unspecified atom stereocenters. The number of aromatic nitrogens is 1. The van der Waals surface area contributed by atoms with Gasteiger partial charge in [0.15, 0.2) is 0 Å². The second-order valence-electron chi connectivity index (χ2n) is 5.88. The van der Waals surface area contributed by atoms with Crippen LogP contribution in [0.2, 0.25) is 0 Å². The van der Waals surface area contributed by atoms with Gasteiger partial charge in [0.05, 0.1) is 5.69 Å². The second-order valence-corrected chi connectivity index (χ2v) is 6.83. The Morgan fingerprint density at radius 1 is 1.55 bits per heavy atom. The highest BCUT2D eigenvalue weighted by molar-refractivity contribution is 7.09. The van der Waals surface area contributed by atoms with Crippen LogP contribution >= 0.6 is 11.3 Å². The zero-order chi connectivity index (χ0) is 14.4. The Kier molecular flexibility index (Phi) is 6.42. The molecule has 1 aromatic rings. The Morgan fingerprint density at radius 2 is 2.40 bits per heavy atom. The molecule has 1 aliphatic rings. The first-order chi connectivity index (χ1) is 9.69.